The van der Waals surface area contributed by atoms with Gasteiger partial charge in [0, 0.05) is 0 Å². The second kappa shape index (κ2) is 5.56. The smallest absolute Gasteiger partial charge is 0.0980 e. The van der Waals surface area contributed by atoms with E-state index in [-0.39, 0.29) is 5.60 Å². The lowest BCUT2D eigenvalue weighted by Gasteiger charge is -2.22. The van der Waals surface area contributed by atoms with Gasteiger partial charge in [-0.25, -0.2) is 9.78 Å². The summed E-state index contributed by atoms with van der Waals surface area (Å²) in [5, 5.41) is 0. The lowest BCUT2D eigenvalue weighted by Crippen LogP contribution is -2.24. The first-order valence-corrected chi connectivity index (χ1v) is 4.22. The molecule has 0 aromatic heterocycles. The van der Waals surface area contributed by atoms with Crippen molar-refractivity contribution in [1.82, 2.24) is 0 Å². The fourth-order valence-electron chi connectivity index (χ4n) is 0.845. The van der Waals surface area contributed by atoms with Crippen molar-refractivity contribution in [3.63, 3.8) is 0 Å². The van der Waals surface area contributed by atoms with E-state index in [1.165, 1.54) is 12.8 Å². The van der Waals surface area contributed by atoms with Gasteiger partial charge in [-0.1, -0.05) is 19.8 Å². The van der Waals surface area contributed by atoms with Gasteiger partial charge in [0.15, 0.2) is 0 Å². The Bertz CT molecular complexity index is 79.6. The van der Waals surface area contributed by atoms with Crippen molar-refractivity contribution >= 4 is 0 Å². The van der Waals surface area contributed by atoms with Crippen LogP contribution in [-0.4, -0.2) is 12.2 Å². The topological polar surface area (TPSA) is 18.5 Å². The van der Waals surface area contributed by atoms with Crippen LogP contribution in [0.5, 0.6) is 0 Å². The minimum absolute atomic E-state index is 0.159. The highest BCUT2D eigenvalue weighted by Crippen LogP contribution is 2.17. The first-order chi connectivity index (χ1) is 5.12. The minimum Gasteiger partial charge on any atom is -0.236 e. The molecule has 11 heavy (non-hydrogen) atoms. The van der Waals surface area contributed by atoms with Crippen LogP contribution in [-0.2, 0) is 9.78 Å². The Labute approximate surface area is 69.8 Å². The molecule has 0 aromatic carbocycles. The molecule has 0 aromatic rings. The van der Waals surface area contributed by atoms with Crippen LogP contribution in [0, 0.1) is 6.92 Å². The van der Waals surface area contributed by atoms with Crippen LogP contribution in [0.25, 0.3) is 0 Å². The first-order valence-electron chi connectivity index (χ1n) is 4.22. The molecule has 0 saturated carbocycles. The SMILES string of the molecule is [CH2]COOC(C)(C)CCCC. The Morgan fingerprint density at radius 1 is 1.36 bits per heavy atom. The van der Waals surface area contributed by atoms with Crippen molar-refractivity contribution in [2.24, 2.45) is 0 Å². The van der Waals surface area contributed by atoms with Gasteiger partial charge >= 0.3 is 0 Å². The monoisotopic (exact) mass is 159 g/mol. The van der Waals surface area contributed by atoms with E-state index < -0.39 is 0 Å². The molecule has 0 aliphatic rings. The van der Waals surface area contributed by atoms with Gasteiger partial charge in [-0.05, 0) is 27.2 Å². The lowest BCUT2D eigenvalue weighted by molar-refractivity contribution is -0.348. The Hall–Kier alpha value is -0.0800. The number of rotatable bonds is 6. The molecule has 0 fully saturated rings. The largest absolute Gasteiger partial charge is 0.236 e. The quantitative estimate of drug-likeness (QED) is 0.438. The summed E-state index contributed by atoms with van der Waals surface area (Å²) in [6, 6.07) is 0. The normalized spacial score (nSPS) is 12.0. The zero-order valence-electron chi connectivity index (χ0n) is 7.85. The Kier molecular flexibility index (Phi) is 5.51. The van der Waals surface area contributed by atoms with Gasteiger partial charge < -0.3 is 0 Å². The number of unbranched alkanes of at least 4 members (excludes halogenated alkanes) is 1. The van der Waals surface area contributed by atoms with E-state index in [0.29, 0.717) is 6.61 Å². The summed E-state index contributed by atoms with van der Waals surface area (Å²) < 4.78 is 0. The lowest BCUT2D eigenvalue weighted by atomic mass is 10.0. The molecule has 0 amide bonds. The van der Waals surface area contributed by atoms with E-state index in [4.69, 9.17) is 9.78 Å². The zero-order valence-corrected chi connectivity index (χ0v) is 7.85. The molecule has 67 valence electrons. The third-order valence-corrected chi connectivity index (χ3v) is 1.50. The third kappa shape index (κ3) is 6.32. The fourth-order valence-corrected chi connectivity index (χ4v) is 0.845. The number of hydrogen-bond acceptors (Lipinski definition) is 2. The minimum atomic E-state index is -0.159. The van der Waals surface area contributed by atoms with E-state index in [1.54, 1.807) is 0 Å². The molecule has 0 aliphatic heterocycles. The van der Waals surface area contributed by atoms with E-state index in [0.717, 1.165) is 6.42 Å². The van der Waals surface area contributed by atoms with Crippen molar-refractivity contribution < 1.29 is 9.78 Å². The molecule has 0 N–H and O–H groups in total. The highest BCUT2D eigenvalue weighted by atomic mass is 17.2. The summed E-state index contributed by atoms with van der Waals surface area (Å²) >= 11 is 0. The van der Waals surface area contributed by atoms with E-state index >= 15 is 0 Å². The molecule has 0 spiro atoms. The van der Waals surface area contributed by atoms with Crippen LogP contribution in [0.2, 0.25) is 0 Å². The van der Waals surface area contributed by atoms with Gasteiger partial charge in [-0.2, -0.15) is 0 Å². The molecule has 0 rings (SSSR count). The van der Waals surface area contributed by atoms with E-state index in [1.807, 2.05) is 13.8 Å². The van der Waals surface area contributed by atoms with Gasteiger partial charge in [0.2, 0.25) is 0 Å². The van der Waals surface area contributed by atoms with Crippen molar-refractivity contribution in [3.8, 4) is 0 Å². The van der Waals surface area contributed by atoms with Crippen molar-refractivity contribution in [2.45, 2.75) is 45.6 Å². The summed E-state index contributed by atoms with van der Waals surface area (Å²) in [7, 11) is 0. The molecule has 0 unspecified atom stereocenters. The molecular formula is C9H19O2. The Morgan fingerprint density at radius 3 is 2.45 bits per heavy atom. The third-order valence-electron chi connectivity index (χ3n) is 1.50. The molecule has 2 nitrogen and oxygen atoms in total. The Balaban J connectivity index is 3.43. The molecule has 1 radical (unpaired) electrons. The van der Waals surface area contributed by atoms with Crippen molar-refractivity contribution in [3.05, 3.63) is 6.92 Å². The molecule has 0 heterocycles. The predicted octanol–water partition coefficient (Wildman–Crippen LogP) is 2.74. The zero-order chi connectivity index (χ0) is 8.74. The summed E-state index contributed by atoms with van der Waals surface area (Å²) in [5.41, 5.74) is -0.159. The van der Waals surface area contributed by atoms with Gasteiger partial charge in [0.25, 0.3) is 0 Å². The molecule has 0 saturated heterocycles. The molecule has 0 aliphatic carbocycles. The summed E-state index contributed by atoms with van der Waals surface area (Å²) in [6.07, 6.45) is 3.40. The average molecular weight is 159 g/mol. The molecular weight excluding hydrogens is 140 g/mol. The Morgan fingerprint density at radius 2 is 2.00 bits per heavy atom. The van der Waals surface area contributed by atoms with Gasteiger partial charge in [0.1, 0.15) is 0 Å². The summed E-state index contributed by atoms with van der Waals surface area (Å²) in [6.45, 7) is 10.1. The second-order valence-corrected chi connectivity index (χ2v) is 3.27. The maximum Gasteiger partial charge on any atom is 0.0980 e. The standard InChI is InChI=1S/C9H19O2/c1-5-7-8-9(3,4)11-10-6-2/h2,5-8H2,1,3-4H3. The van der Waals surface area contributed by atoms with Crippen LogP contribution >= 0.6 is 0 Å². The maximum atomic E-state index is 5.12. The van der Waals surface area contributed by atoms with Crippen molar-refractivity contribution in [1.29, 1.82) is 0 Å². The molecule has 2 heteroatoms. The van der Waals surface area contributed by atoms with E-state index in [2.05, 4.69) is 13.8 Å². The fraction of sp³-hybridized carbons (Fsp3) is 0.889. The average Bonchev–Trinajstić information content (AvgIpc) is 1.97. The van der Waals surface area contributed by atoms with Crippen molar-refractivity contribution in [2.75, 3.05) is 6.61 Å². The first kappa shape index (κ1) is 10.9. The van der Waals surface area contributed by atoms with Crippen LogP contribution < -0.4 is 0 Å². The van der Waals surface area contributed by atoms with Gasteiger partial charge in [0.05, 0.1) is 12.2 Å². The maximum absolute atomic E-state index is 5.12. The van der Waals surface area contributed by atoms with Crippen LogP contribution in [0.1, 0.15) is 40.0 Å². The summed E-state index contributed by atoms with van der Waals surface area (Å²) in [5.74, 6) is 0. The highest BCUT2D eigenvalue weighted by Gasteiger charge is 2.18. The predicted molar refractivity (Wildman–Crippen MR) is 46.0 cm³/mol. The second-order valence-electron chi connectivity index (χ2n) is 3.27. The molecule has 0 bridgehead atoms. The van der Waals surface area contributed by atoms with Crippen LogP contribution in [0.15, 0.2) is 0 Å². The number of hydrogen-bond donors (Lipinski definition) is 0. The van der Waals surface area contributed by atoms with E-state index in [9.17, 15) is 0 Å². The van der Waals surface area contributed by atoms with Crippen LogP contribution in [0.3, 0.4) is 0 Å². The summed E-state index contributed by atoms with van der Waals surface area (Å²) in [4.78, 5) is 9.90. The highest BCUT2D eigenvalue weighted by molar-refractivity contribution is 4.65. The van der Waals surface area contributed by atoms with Gasteiger partial charge in [-0.3, -0.25) is 0 Å². The van der Waals surface area contributed by atoms with Crippen LogP contribution in [0.4, 0.5) is 0 Å². The molecule has 0 atom stereocenters. The van der Waals surface area contributed by atoms with Gasteiger partial charge in [-0.15, -0.1) is 0 Å².